The zero-order valence-corrected chi connectivity index (χ0v) is 27.8. The molecule has 0 saturated heterocycles. The third-order valence-electron chi connectivity index (χ3n) is 8.52. The molecule has 0 aliphatic carbocycles. The third kappa shape index (κ3) is 13.8. The number of guanidine groups is 2. The van der Waals surface area contributed by atoms with Gasteiger partial charge < -0.3 is 44.2 Å². The standard InChI is InChI=1S/C30H64N10O2/c1-9-21(6)39-23(15-19-35-27(31)32)25(41)29(8,11-3)37-17-14-18-38-30(12-4,13-5)26(42)24(40-22(7)10-2)16-20-36-28(33)34/h21-24,37-40H,9-20H2,1-8H3,(H4,31,32,35)(H4,33,34,36). The number of rotatable bonds is 25. The van der Waals surface area contributed by atoms with E-state index >= 15 is 0 Å². The van der Waals surface area contributed by atoms with Gasteiger partial charge in [0.05, 0.1) is 23.2 Å². The van der Waals surface area contributed by atoms with E-state index in [0.29, 0.717) is 58.3 Å². The van der Waals surface area contributed by atoms with Crippen LogP contribution in [-0.2, 0) is 9.59 Å². The van der Waals surface area contributed by atoms with Gasteiger partial charge in [-0.05, 0) is 85.2 Å². The number of hydrogen-bond donors (Lipinski definition) is 8. The maximum Gasteiger partial charge on any atom is 0.185 e. The maximum atomic E-state index is 13.9. The number of nitrogens with zero attached hydrogens (tertiary/aromatic N) is 2. The van der Waals surface area contributed by atoms with Crippen LogP contribution in [0.5, 0.6) is 0 Å². The lowest BCUT2D eigenvalue weighted by atomic mass is 9.82. The first-order chi connectivity index (χ1) is 19.7. The second-order valence-electron chi connectivity index (χ2n) is 11.7. The average Bonchev–Trinajstić information content (AvgIpc) is 2.96. The number of carbonyl (C=O) groups excluding carboxylic acids is 2. The fourth-order valence-electron chi connectivity index (χ4n) is 4.97. The Morgan fingerprint density at radius 3 is 1.50 bits per heavy atom. The highest BCUT2D eigenvalue weighted by Crippen LogP contribution is 2.21. The number of Topliss-reactive ketones (excluding diaryl/α,β-unsaturated/α-hetero) is 2. The van der Waals surface area contributed by atoms with E-state index in [1.54, 1.807) is 0 Å². The van der Waals surface area contributed by atoms with Gasteiger partial charge in [0.1, 0.15) is 0 Å². The first-order valence-electron chi connectivity index (χ1n) is 16.0. The van der Waals surface area contributed by atoms with Gasteiger partial charge >= 0.3 is 0 Å². The van der Waals surface area contributed by atoms with Gasteiger partial charge in [-0.2, -0.15) is 0 Å². The summed E-state index contributed by atoms with van der Waals surface area (Å²) in [6, 6.07) is -0.340. The molecular weight excluding hydrogens is 532 g/mol. The Bertz CT molecular complexity index is 838. The second kappa shape index (κ2) is 20.6. The summed E-state index contributed by atoms with van der Waals surface area (Å²) in [6.07, 6.45) is 5.60. The number of aliphatic imine (C=N–C) groups is 2. The molecule has 0 heterocycles. The molecule has 246 valence electrons. The fraction of sp³-hybridized carbons (Fsp3) is 0.867. The average molecular weight is 597 g/mol. The molecular formula is C30H64N10O2. The van der Waals surface area contributed by atoms with Crippen molar-refractivity contribution in [3.05, 3.63) is 0 Å². The van der Waals surface area contributed by atoms with Crippen LogP contribution in [0.3, 0.4) is 0 Å². The molecule has 0 amide bonds. The summed E-state index contributed by atoms with van der Waals surface area (Å²) in [5.41, 5.74) is 20.7. The largest absolute Gasteiger partial charge is 0.370 e. The molecule has 0 aromatic heterocycles. The summed E-state index contributed by atoms with van der Waals surface area (Å²) in [5, 5.41) is 14.0. The molecule has 42 heavy (non-hydrogen) atoms. The van der Waals surface area contributed by atoms with Crippen molar-refractivity contribution in [2.75, 3.05) is 26.2 Å². The molecule has 12 N–H and O–H groups in total. The minimum absolute atomic E-state index is 0.0260. The van der Waals surface area contributed by atoms with Crippen LogP contribution in [0.15, 0.2) is 9.98 Å². The van der Waals surface area contributed by atoms with Crippen molar-refractivity contribution in [2.45, 2.75) is 142 Å². The summed E-state index contributed by atoms with van der Waals surface area (Å²) in [6.45, 7) is 18.4. The SMILES string of the molecule is CCC(C)NC(CCN=C(N)N)C(=O)C(C)(CC)NCCCNC(CC)(CC)C(=O)C(CCN=C(N)N)NC(C)CC. The van der Waals surface area contributed by atoms with Crippen LogP contribution in [0.2, 0.25) is 0 Å². The minimum atomic E-state index is -0.706. The van der Waals surface area contributed by atoms with E-state index in [-0.39, 0.29) is 47.7 Å². The molecule has 5 unspecified atom stereocenters. The highest BCUT2D eigenvalue weighted by Gasteiger charge is 2.39. The number of nitrogens with one attached hydrogen (secondary N) is 4. The molecule has 0 spiro atoms. The molecule has 12 nitrogen and oxygen atoms in total. The van der Waals surface area contributed by atoms with E-state index in [0.717, 1.165) is 19.3 Å². The summed E-state index contributed by atoms with van der Waals surface area (Å²) < 4.78 is 0. The Balaban J connectivity index is 5.44. The highest BCUT2D eigenvalue weighted by molar-refractivity contribution is 5.93. The molecule has 0 aromatic rings. The lowest BCUT2D eigenvalue weighted by Crippen LogP contribution is -2.60. The lowest BCUT2D eigenvalue weighted by molar-refractivity contribution is -0.128. The van der Waals surface area contributed by atoms with Gasteiger partial charge in [0.2, 0.25) is 0 Å². The molecule has 0 aromatic carbocycles. The quantitative estimate of drug-likeness (QED) is 0.0429. The van der Waals surface area contributed by atoms with Gasteiger partial charge in [-0.1, -0.05) is 34.6 Å². The normalized spacial score (nSPS) is 16.1. The van der Waals surface area contributed by atoms with Gasteiger partial charge in [-0.15, -0.1) is 0 Å². The van der Waals surface area contributed by atoms with E-state index < -0.39 is 11.1 Å². The van der Waals surface area contributed by atoms with Gasteiger partial charge in [0, 0.05) is 25.2 Å². The topological polar surface area (TPSA) is 211 Å². The van der Waals surface area contributed by atoms with Crippen LogP contribution in [0.1, 0.15) is 107 Å². The van der Waals surface area contributed by atoms with Gasteiger partial charge in [0.15, 0.2) is 23.5 Å². The minimum Gasteiger partial charge on any atom is -0.370 e. The molecule has 0 aliphatic rings. The van der Waals surface area contributed by atoms with Gasteiger partial charge in [-0.3, -0.25) is 19.6 Å². The van der Waals surface area contributed by atoms with E-state index in [4.69, 9.17) is 22.9 Å². The fourth-order valence-corrected chi connectivity index (χ4v) is 4.97. The third-order valence-corrected chi connectivity index (χ3v) is 8.52. The Morgan fingerprint density at radius 1 is 0.690 bits per heavy atom. The van der Waals surface area contributed by atoms with Crippen LogP contribution < -0.4 is 44.2 Å². The first-order valence-corrected chi connectivity index (χ1v) is 16.0. The zero-order chi connectivity index (χ0) is 32.3. The van der Waals surface area contributed by atoms with Crippen LogP contribution in [0, 0.1) is 0 Å². The Kier molecular flexibility index (Phi) is 19.5. The van der Waals surface area contributed by atoms with E-state index in [9.17, 15) is 9.59 Å². The number of ketones is 2. The maximum absolute atomic E-state index is 13.9. The predicted octanol–water partition coefficient (Wildman–Crippen LogP) is 1.26. The van der Waals surface area contributed by atoms with Crippen LogP contribution in [0.4, 0.5) is 0 Å². The van der Waals surface area contributed by atoms with E-state index in [2.05, 4.69) is 58.9 Å². The lowest BCUT2D eigenvalue weighted by Gasteiger charge is -2.36. The molecule has 5 atom stereocenters. The van der Waals surface area contributed by atoms with Crippen LogP contribution >= 0.6 is 0 Å². The summed E-state index contributed by atoms with van der Waals surface area (Å²) in [7, 11) is 0. The Morgan fingerprint density at radius 2 is 1.12 bits per heavy atom. The van der Waals surface area contributed by atoms with Crippen molar-refractivity contribution in [1.29, 1.82) is 0 Å². The van der Waals surface area contributed by atoms with Crippen LogP contribution in [-0.4, -0.2) is 84.9 Å². The smallest absolute Gasteiger partial charge is 0.185 e. The van der Waals surface area contributed by atoms with E-state index in [1.807, 2.05) is 27.7 Å². The Labute approximate surface area is 255 Å². The molecule has 0 radical (unpaired) electrons. The van der Waals surface area contributed by atoms with Crippen molar-refractivity contribution >= 4 is 23.5 Å². The van der Waals surface area contributed by atoms with Crippen molar-refractivity contribution in [2.24, 2.45) is 32.9 Å². The number of carbonyl (C=O) groups is 2. The molecule has 0 bridgehead atoms. The zero-order valence-electron chi connectivity index (χ0n) is 27.8. The highest BCUT2D eigenvalue weighted by atomic mass is 16.1. The molecule has 0 saturated carbocycles. The number of nitrogens with two attached hydrogens (primary N) is 4. The molecule has 0 fully saturated rings. The summed E-state index contributed by atoms with van der Waals surface area (Å²) in [5.74, 6) is 0.300. The predicted molar refractivity (Wildman–Crippen MR) is 177 cm³/mol. The van der Waals surface area contributed by atoms with Gasteiger partial charge in [0.25, 0.3) is 0 Å². The summed E-state index contributed by atoms with van der Waals surface area (Å²) >= 11 is 0. The van der Waals surface area contributed by atoms with Crippen LogP contribution in [0.25, 0.3) is 0 Å². The van der Waals surface area contributed by atoms with E-state index in [1.165, 1.54) is 0 Å². The van der Waals surface area contributed by atoms with Crippen molar-refractivity contribution < 1.29 is 9.59 Å². The summed E-state index contributed by atoms with van der Waals surface area (Å²) in [4.78, 5) is 35.8. The second-order valence-corrected chi connectivity index (χ2v) is 11.7. The van der Waals surface area contributed by atoms with Crippen molar-refractivity contribution in [3.8, 4) is 0 Å². The molecule has 0 aliphatic heterocycles. The Hall–Kier alpha value is -2.28. The van der Waals surface area contributed by atoms with Crippen molar-refractivity contribution in [3.63, 3.8) is 0 Å². The van der Waals surface area contributed by atoms with Crippen molar-refractivity contribution in [1.82, 2.24) is 21.3 Å². The monoisotopic (exact) mass is 597 g/mol. The molecule has 12 heteroatoms. The number of hydrogen-bond acceptors (Lipinski definition) is 8. The first kappa shape index (κ1) is 39.7. The van der Waals surface area contributed by atoms with Gasteiger partial charge in [-0.25, -0.2) is 0 Å². The molecule has 0 rings (SSSR count).